The van der Waals surface area contributed by atoms with Gasteiger partial charge in [0.1, 0.15) is 0 Å². The quantitative estimate of drug-likeness (QED) is 0.563. The van der Waals surface area contributed by atoms with E-state index in [1.54, 1.807) is 0 Å². The minimum Gasteiger partial charge on any atom is -0.338 e. The number of hydrogen-bond donors (Lipinski definition) is 2. The summed E-state index contributed by atoms with van der Waals surface area (Å²) in [6.45, 7) is 2.09. The van der Waals surface area contributed by atoms with Gasteiger partial charge in [-0.1, -0.05) is 35.9 Å². The summed E-state index contributed by atoms with van der Waals surface area (Å²) in [4.78, 5) is 0. The molecule has 21 heavy (non-hydrogen) atoms. The number of halogens is 1. The van der Waals surface area contributed by atoms with Crippen LogP contribution >= 0.6 is 11.6 Å². The number of hydrogen-bond acceptors (Lipinski definition) is 2. The van der Waals surface area contributed by atoms with Gasteiger partial charge >= 0.3 is 0 Å². The summed E-state index contributed by atoms with van der Waals surface area (Å²) < 4.78 is 0. The molecule has 0 saturated carbocycles. The first-order chi connectivity index (χ1) is 10.2. The van der Waals surface area contributed by atoms with Crippen LogP contribution in [0.4, 0.5) is 11.5 Å². The van der Waals surface area contributed by atoms with Crippen molar-refractivity contribution >= 4 is 23.1 Å². The van der Waals surface area contributed by atoms with Crippen LogP contribution in [0.2, 0.25) is 5.02 Å². The minimum absolute atomic E-state index is 0.778. The van der Waals surface area contributed by atoms with Crippen LogP contribution in [0.25, 0.3) is 11.3 Å². The molecule has 0 amide bonds. The zero-order chi connectivity index (χ0) is 14.4. The zero-order valence-electron chi connectivity index (χ0n) is 11.6. The van der Waals surface area contributed by atoms with Crippen LogP contribution in [0.3, 0.4) is 0 Å². The fourth-order valence-electron chi connectivity index (χ4n) is 2.85. The molecule has 0 unspecified atom stereocenters. The van der Waals surface area contributed by atoms with Gasteiger partial charge in [0.05, 0.1) is 5.69 Å². The molecule has 0 saturated heterocycles. The molecular weight excluding hydrogens is 282 g/mol. The van der Waals surface area contributed by atoms with Crippen molar-refractivity contribution in [2.45, 2.75) is 13.3 Å². The van der Waals surface area contributed by atoms with Crippen LogP contribution in [0, 0.1) is 6.92 Å². The second-order valence-corrected chi connectivity index (χ2v) is 5.78. The summed E-state index contributed by atoms with van der Waals surface area (Å²) in [6, 6.07) is 14.2. The van der Waals surface area contributed by atoms with Gasteiger partial charge in [0, 0.05) is 28.3 Å². The third-order valence-corrected chi connectivity index (χ3v) is 4.20. The number of para-hydroxylation sites is 1. The molecule has 3 nitrogen and oxygen atoms in total. The number of aromatic nitrogens is 2. The van der Waals surface area contributed by atoms with Crippen LogP contribution in [-0.2, 0) is 6.42 Å². The predicted octanol–water partition coefficient (Wildman–Crippen LogP) is 4.69. The van der Waals surface area contributed by atoms with Crippen molar-refractivity contribution in [1.82, 2.24) is 10.2 Å². The molecule has 104 valence electrons. The lowest BCUT2D eigenvalue weighted by atomic mass is 10.1. The maximum atomic E-state index is 6.08. The van der Waals surface area contributed by atoms with Gasteiger partial charge in [-0.05, 0) is 36.2 Å². The minimum atomic E-state index is 0.778. The normalized spacial score (nSPS) is 12.1. The predicted molar refractivity (Wildman–Crippen MR) is 86.3 cm³/mol. The molecule has 0 atom stereocenters. The first kappa shape index (κ1) is 12.5. The number of benzene rings is 2. The fourth-order valence-corrected chi connectivity index (χ4v) is 3.04. The van der Waals surface area contributed by atoms with Crippen molar-refractivity contribution < 1.29 is 0 Å². The molecule has 0 bridgehead atoms. The largest absolute Gasteiger partial charge is 0.338 e. The monoisotopic (exact) mass is 295 g/mol. The number of rotatable bonds is 2. The molecule has 3 aromatic rings. The van der Waals surface area contributed by atoms with E-state index in [4.69, 9.17) is 11.6 Å². The summed E-state index contributed by atoms with van der Waals surface area (Å²) in [6.07, 6.45) is 0.857. The Morgan fingerprint density at radius 2 is 2.05 bits per heavy atom. The van der Waals surface area contributed by atoms with Crippen molar-refractivity contribution in [3.8, 4) is 11.3 Å². The first-order valence-electron chi connectivity index (χ1n) is 6.91. The highest BCUT2D eigenvalue weighted by Crippen LogP contribution is 2.40. The van der Waals surface area contributed by atoms with Crippen LogP contribution in [0.1, 0.15) is 16.7 Å². The Morgan fingerprint density at radius 1 is 1.19 bits per heavy atom. The van der Waals surface area contributed by atoms with Gasteiger partial charge in [-0.15, -0.1) is 0 Å². The molecule has 0 fully saturated rings. The number of nitrogens with one attached hydrogen (secondary N) is 2. The highest BCUT2D eigenvalue weighted by atomic mass is 35.5. The molecule has 0 spiro atoms. The lowest BCUT2D eigenvalue weighted by Gasteiger charge is -2.07. The van der Waals surface area contributed by atoms with Crippen molar-refractivity contribution in [3.63, 3.8) is 0 Å². The molecule has 1 aromatic heterocycles. The Kier molecular flexibility index (Phi) is 2.76. The molecular formula is C17H14ClN3. The molecule has 0 aliphatic heterocycles. The maximum Gasteiger partial charge on any atom is 0.156 e. The molecule has 2 N–H and O–H groups in total. The number of nitrogens with zero attached hydrogens (tertiary/aromatic N) is 1. The van der Waals surface area contributed by atoms with Gasteiger partial charge in [0.2, 0.25) is 0 Å². The number of anilines is 2. The van der Waals surface area contributed by atoms with E-state index >= 15 is 0 Å². The Hall–Kier alpha value is -2.26. The molecule has 4 heteroatoms. The highest BCUT2D eigenvalue weighted by molar-refractivity contribution is 6.30. The van der Waals surface area contributed by atoms with Crippen molar-refractivity contribution in [2.24, 2.45) is 0 Å². The molecule has 2 aromatic carbocycles. The standard InChI is InChI=1S/C17H14ClN3/c1-10-4-2-3-5-15(10)19-17-14-9-11-8-12(18)6-7-13(11)16(14)20-21-17/h2-8H,9H2,1H3,(H2,19,20,21). The summed E-state index contributed by atoms with van der Waals surface area (Å²) in [7, 11) is 0. The maximum absolute atomic E-state index is 6.08. The number of H-pyrrole nitrogens is 1. The van der Waals surface area contributed by atoms with Crippen LogP contribution in [0.5, 0.6) is 0 Å². The smallest absolute Gasteiger partial charge is 0.156 e. The highest BCUT2D eigenvalue weighted by Gasteiger charge is 2.24. The zero-order valence-corrected chi connectivity index (χ0v) is 12.3. The second kappa shape index (κ2) is 4.64. The van der Waals surface area contributed by atoms with Gasteiger partial charge in [0.25, 0.3) is 0 Å². The van der Waals surface area contributed by atoms with Crippen molar-refractivity contribution in [3.05, 3.63) is 64.2 Å². The molecule has 1 aliphatic rings. The van der Waals surface area contributed by atoms with Crippen LogP contribution in [0.15, 0.2) is 42.5 Å². The molecule has 1 aliphatic carbocycles. The second-order valence-electron chi connectivity index (χ2n) is 5.34. The van der Waals surface area contributed by atoms with E-state index in [2.05, 4.69) is 40.6 Å². The van der Waals surface area contributed by atoms with E-state index in [0.29, 0.717) is 0 Å². The Bertz CT molecular complexity index is 836. The lowest BCUT2D eigenvalue weighted by Crippen LogP contribution is -1.96. The third kappa shape index (κ3) is 2.01. The van der Waals surface area contributed by atoms with E-state index in [9.17, 15) is 0 Å². The summed E-state index contributed by atoms with van der Waals surface area (Å²) in [5.74, 6) is 0.895. The Balaban J connectivity index is 1.73. The number of fused-ring (bicyclic) bond motifs is 3. The molecule has 4 rings (SSSR count). The van der Waals surface area contributed by atoms with E-state index < -0.39 is 0 Å². The first-order valence-corrected chi connectivity index (χ1v) is 7.29. The third-order valence-electron chi connectivity index (χ3n) is 3.97. The summed E-state index contributed by atoms with van der Waals surface area (Å²) >= 11 is 6.08. The van der Waals surface area contributed by atoms with E-state index in [-0.39, 0.29) is 0 Å². The average molecular weight is 296 g/mol. The Morgan fingerprint density at radius 3 is 2.90 bits per heavy atom. The number of aryl methyl sites for hydroxylation is 1. The molecule has 1 heterocycles. The Labute approximate surface area is 128 Å². The van der Waals surface area contributed by atoms with E-state index in [1.807, 2.05) is 24.3 Å². The average Bonchev–Trinajstić information content (AvgIpc) is 3.00. The van der Waals surface area contributed by atoms with E-state index in [1.165, 1.54) is 22.3 Å². The SMILES string of the molecule is Cc1ccccc1Nc1n[nH]c2c1Cc1cc(Cl)ccc1-2. The van der Waals surface area contributed by atoms with Gasteiger partial charge in [-0.3, -0.25) is 5.10 Å². The summed E-state index contributed by atoms with van der Waals surface area (Å²) in [5.41, 5.74) is 7.03. The van der Waals surface area contributed by atoms with Gasteiger partial charge < -0.3 is 5.32 Å². The van der Waals surface area contributed by atoms with Crippen LogP contribution < -0.4 is 5.32 Å². The molecule has 0 radical (unpaired) electrons. The van der Waals surface area contributed by atoms with Crippen molar-refractivity contribution in [1.29, 1.82) is 0 Å². The van der Waals surface area contributed by atoms with Gasteiger partial charge in [-0.2, -0.15) is 5.10 Å². The summed E-state index contributed by atoms with van der Waals surface area (Å²) in [5, 5.41) is 11.8. The van der Waals surface area contributed by atoms with Gasteiger partial charge in [0.15, 0.2) is 5.82 Å². The number of aromatic amines is 1. The fraction of sp³-hybridized carbons (Fsp3) is 0.118. The van der Waals surface area contributed by atoms with Crippen LogP contribution in [-0.4, -0.2) is 10.2 Å². The lowest BCUT2D eigenvalue weighted by molar-refractivity contribution is 1.09. The van der Waals surface area contributed by atoms with Crippen molar-refractivity contribution in [2.75, 3.05) is 5.32 Å². The topological polar surface area (TPSA) is 40.7 Å². The van der Waals surface area contributed by atoms with E-state index in [0.717, 1.165) is 28.6 Å². The van der Waals surface area contributed by atoms with Gasteiger partial charge in [-0.25, -0.2) is 0 Å².